The molecule has 0 aliphatic carbocycles. The SMILES string of the molecule is CC(C)OC(=O)N1CCC(CCOc2c(F)cc3c(c2F)CCN(SP(C)C)C3)CC1. The molecule has 0 radical (unpaired) electrons. The number of rotatable bonds is 7. The molecule has 5 nitrogen and oxygen atoms in total. The molecule has 1 fully saturated rings. The Labute approximate surface area is 189 Å². The number of fused-ring (bicyclic) bond motifs is 1. The van der Waals surface area contributed by atoms with E-state index < -0.39 is 11.6 Å². The average Bonchev–Trinajstić information content (AvgIpc) is 2.69. The summed E-state index contributed by atoms with van der Waals surface area (Å²) in [6.45, 7) is 10.9. The van der Waals surface area contributed by atoms with Crippen molar-refractivity contribution in [2.45, 2.75) is 52.2 Å². The van der Waals surface area contributed by atoms with Gasteiger partial charge in [-0.1, -0.05) is 11.6 Å². The topological polar surface area (TPSA) is 42.0 Å². The van der Waals surface area contributed by atoms with E-state index in [1.54, 1.807) is 16.5 Å². The lowest BCUT2D eigenvalue weighted by Crippen LogP contribution is -2.40. The summed E-state index contributed by atoms with van der Waals surface area (Å²) >= 11 is 1.78. The first kappa shape index (κ1) is 24.5. The van der Waals surface area contributed by atoms with Crippen LogP contribution >= 0.6 is 18.7 Å². The molecule has 0 unspecified atom stereocenters. The zero-order valence-electron chi connectivity index (χ0n) is 18.8. The van der Waals surface area contributed by atoms with Crippen LogP contribution in [-0.4, -0.2) is 61.0 Å². The molecular formula is C22H33F2N2O3PS. The molecule has 2 aliphatic rings. The molecule has 0 N–H and O–H groups in total. The molecule has 9 heteroatoms. The van der Waals surface area contributed by atoms with Crippen molar-refractivity contribution < 1.29 is 23.0 Å². The number of hydrogen-bond acceptors (Lipinski definition) is 5. The average molecular weight is 475 g/mol. The number of benzene rings is 1. The van der Waals surface area contributed by atoms with E-state index in [0.717, 1.165) is 24.9 Å². The number of carbonyl (C=O) groups is 1. The van der Waals surface area contributed by atoms with Gasteiger partial charge in [0.2, 0.25) is 0 Å². The van der Waals surface area contributed by atoms with Crippen LogP contribution in [0.15, 0.2) is 6.07 Å². The van der Waals surface area contributed by atoms with Crippen LogP contribution in [0.4, 0.5) is 13.6 Å². The van der Waals surface area contributed by atoms with Crippen LogP contribution < -0.4 is 4.74 Å². The second-order valence-corrected chi connectivity index (χ2v) is 13.6. The molecule has 0 atom stereocenters. The monoisotopic (exact) mass is 474 g/mol. The maximum Gasteiger partial charge on any atom is 0.410 e. The molecule has 174 valence electrons. The van der Waals surface area contributed by atoms with Gasteiger partial charge in [0.05, 0.1) is 12.7 Å². The first-order chi connectivity index (χ1) is 14.7. The van der Waals surface area contributed by atoms with Gasteiger partial charge < -0.3 is 14.4 Å². The minimum atomic E-state index is -0.621. The van der Waals surface area contributed by atoms with Crippen molar-refractivity contribution in [3.05, 3.63) is 28.8 Å². The summed E-state index contributed by atoms with van der Waals surface area (Å²) in [5.41, 5.74) is 1.31. The Kier molecular flexibility index (Phi) is 8.82. The maximum atomic E-state index is 15.0. The van der Waals surface area contributed by atoms with E-state index in [4.69, 9.17) is 9.47 Å². The van der Waals surface area contributed by atoms with Crippen molar-refractivity contribution in [3.63, 3.8) is 0 Å². The van der Waals surface area contributed by atoms with Gasteiger partial charge in [0.1, 0.15) is 0 Å². The van der Waals surface area contributed by atoms with Crippen LogP contribution in [0.5, 0.6) is 5.75 Å². The van der Waals surface area contributed by atoms with E-state index in [0.29, 0.717) is 44.0 Å². The van der Waals surface area contributed by atoms with Crippen molar-refractivity contribution in [1.82, 2.24) is 9.21 Å². The molecule has 31 heavy (non-hydrogen) atoms. The van der Waals surface area contributed by atoms with Crippen molar-refractivity contribution in [1.29, 1.82) is 0 Å². The van der Waals surface area contributed by atoms with Crippen LogP contribution in [-0.2, 0) is 17.7 Å². The van der Waals surface area contributed by atoms with Crippen LogP contribution in [0.25, 0.3) is 0 Å². The first-order valence-electron chi connectivity index (χ1n) is 10.9. The number of hydrogen-bond donors (Lipinski definition) is 0. The molecule has 3 rings (SSSR count). The van der Waals surface area contributed by atoms with Gasteiger partial charge in [-0.25, -0.2) is 17.9 Å². The smallest absolute Gasteiger partial charge is 0.410 e. The van der Waals surface area contributed by atoms with Gasteiger partial charge in [0, 0.05) is 26.2 Å². The lowest BCUT2D eigenvalue weighted by molar-refractivity contribution is 0.0636. The van der Waals surface area contributed by atoms with Crippen molar-refractivity contribution in [3.8, 4) is 5.75 Å². The molecule has 0 spiro atoms. The third-order valence-electron chi connectivity index (χ3n) is 5.59. The summed E-state index contributed by atoms with van der Waals surface area (Å²) in [5, 5.41) is 0. The highest BCUT2D eigenvalue weighted by Crippen LogP contribution is 2.46. The molecule has 1 amide bonds. The van der Waals surface area contributed by atoms with E-state index in [9.17, 15) is 13.6 Å². The fourth-order valence-electron chi connectivity index (χ4n) is 4.05. The van der Waals surface area contributed by atoms with Gasteiger partial charge in [-0.2, -0.15) is 0 Å². The zero-order valence-corrected chi connectivity index (χ0v) is 20.5. The lowest BCUT2D eigenvalue weighted by atomic mass is 9.94. The highest BCUT2D eigenvalue weighted by Gasteiger charge is 2.27. The second kappa shape index (κ2) is 11.2. The summed E-state index contributed by atoms with van der Waals surface area (Å²) in [6.07, 6.45) is 2.57. The van der Waals surface area contributed by atoms with Crippen LogP contribution in [0.2, 0.25) is 0 Å². The number of amides is 1. The predicted molar refractivity (Wildman–Crippen MR) is 123 cm³/mol. The van der Waals surface area contributed by atoms with E-state index in [-0.39, 0.29) is 31.7 Å². The van der Waals surface area contributed by atoms with Gasteiger partial charge in [-0.15, -0.1) is 0 Å². The Bertz CT molecular complexity index is 774. The van der Waals surface area contributed by atoms with Crippen molar-refractivity contribution in [2.75, 3.05) is 39.6 Å². The minimum absolute atomic E-state index is 0.127. The summed E-state index contributed by atoms with van der Waals surface area (Å²) < 4.78 is 42.6. The van der Waals surface area contributed by atoms with E-state index >= 15 is 0 Å². The molecule has 1 aromatic rings. The number of halogens is 2. The fraction of sp³-hybridized carbons (Fsp3) is 0.682. The van der Waals surface area contributed by atoms with Gasteiger partial charge in [-0.05, 0) is 83.1 Å². The van der Waals surface area contributed by atoms with Gasteiger partial charge in [0.25, 0.3) is 0 Å². The number of likely N-dealkylation sites (tertiary alicyclic amines) is 1. The van der Waals surface area contributed by atoms with E-state index in [1.165, 1.54) is 6.07 Å². The molecule has 1 aromatic carbocycles. The van der Waals surface area contributed by atoms with Gasteiger partial charge in [-0.3, -0.25) is 0 Å². The lowest BCUT2D eigenvalue weighted by Gasteiger charge is -2.32. The molecule has 0 aromatic heterocycles. The van der Waals surface area contributed by atoms with Crippen LogP contribution in [0.3, 0.4) is 0 Å². The van der Waals surface area contributed by atoms with Crippen molar-refractivity contribution in [2.24, 2.45) is 5.92 Å². The number of ether oxygens (including phenoxy) is 2. The van der Waals surface area contributed by atoms with Gasteiger partial charge >= 0.3 is 6.09 Å². The van der Waals surface area contributed by atoms with Gasteiger partial charge in [0.15, 0.2) is 17.4 Å². The quantitative estimate of drug-likeness (QED) is 0.377. The summed E-state index contributed by atoms with van der Waals surface area (Å²) in [6, 6.07) is 1.44. The molecular weight excluding hydrogens is 441 g/mol. The third kappa shape index (κ3) is 6.69. The Morgan fingerprint density at radius 1 is 1.26 bits per heavy atom. The summed E-state index contributed by atoms with van der Waals surface area (Å²) in [5.74, 6) is -1.03. The Morgan fingerprint density at radius 2 is 1.97 bits per heavy atom. The number of piperidine rings is 1. The summed E-state index contributed by atoms with van der Waals surface area (Å²) in [4.78, 5) is 13.7. The van der Waals surface area contributed by atoms with E-state index in [2.05, 4.69) is 17.6 Å². The first-order valence-corrected chi connectivity index (χ1v) is 14.5. The summed E-state index contributed by atoms with van der Waals surface area (Å²) in [7, 11) is -0.158. The zero-order chi connectivity index (χ0) is 22.5. The molecule has 0 bridgehead atoms. The highest BCUT2D eigenvalue weighted by molar-refractivity contribution is 8.54. The predicted octanol–water partition coefficient (Wildman–Crippen LogP) is 5.65. The van der Waals surface area contributed by atoms with E-state index in [1.807, 2.05) is 13.8 Å². The maximum absolute atomic E-state index is 15.0. The molecule has 2 heterocycles. The number of nitrogens with zero attached hydrogens (tertiary/aromatic N) is 2. The largest absolute Gasteiger partial charge is 0.488 e. The number of carbonyl (C=O) groups excluding carboxylic acids is 1. The Hall–Kier alpha value is -1.11. The minimum Gasteiger partial charge on any atom is -0.488 e. The van der Waals surface area contributed by atoms with Crippen LogP contribution in [0.1, 0.15) is 44.2 Å². The molecule has 0 saturated carbocycles. The molecule has 2 aliphatic heterocycles. The highest BCUT2D eigenvalue weighted by atomic mass is 32.7. The molecule has 1 saturated heterocycles. The van der Waals surface area contributed by atoms with Crippen LogP contribution in [0, 0.1) is 17.6 Å². The fourth-order valence-corrected chi connectivity index (χ4v) is 6.68. The second-order valence-electron chi connectivity index (χ2n) is 8.65. The Morgan fingerprint density at radius 3 is 2.61 bits per heavy atom. The standard InChI is InChI=1S/C22H33F2N2O3PS/c1-15(2)29-22(27)25-9-5-16(6-10-25)8-12-28-21-19(23)13-17-14-26(31-30(3)4)11-7-18(17)20(21)24/h13,15-16H,5-12,14H2,1-4H3. The Balaban J connectivity index is 1.50. The third-order valence-corrected chi connectivity index (χ3v) is 8.13. The normalized spacial score (nSPS) is 17.9. The van der Waals surface area contributed by atoms with Crippen molar-refractivity contribution >= 4 is 24.8 Å².